The summed E-state index contributed by atoms with van der Waals surface area (Å²) in [6.07, 6.45) is 2.32. The molecule has 2 aromatic rings. The highest BCUT2D eigenvalue weighted by molar-refractivity contribution is 5.95. The van der Waals surface area contributed by atoms with Crippen molar-refractivity contribution in [1.82, 2.24) is 5.32 Å². The summed E-state index contributed by atoms with van der Waals surface area (Å²) in [5, 5.41) is 3.22. The second kappa shape index (κ2) is 6.95. The molecule has 4 heteroatoms. The monoisotopic (exact) mass is 324 g/mol. The van der Waals surface area contributed by atoms with Crippen molar-refractivity contribution in [2.45, 2.75) is 18.9 Å². The lowest BCUT2D eigenvalue weighted by atomic mass is 10.0. The Morgan fingerprint density at radius 2 is 1.88 bits per heavy atom. The van der Waals surface area contributed by atoms with Crippen molar-refractivity contribution in [3.8, 4) is 5.75 Å². The molecule has 0 radical (unpaired) electrons. The Labute approximate surface area is 143 Å². The summed E-state index contributed by atoms with van der Waals surface area (Å²) in [4.78, 5) is 14.7. The molecule has 1 amide bonds. The van der Waals surface area contributed by atoms with Crippen molar-refractivity contribution in [1.29, 1.82) is 0 Å². The number of methoxy groups -OCH3 is 1. The molecule has 1 saturated carbocycles. The second-order valence-electron chi connectivity index (χ2n) is 6.51. The Bertz CT molecular complexity index is 706. The number of anilines is 1. The summed E-state index contributed by atoms with van der Waals surface area (Å²) >= 11 is 0. The van der Waals surface area contributed by atoms with Gasteiger partial charge in [-0.1, -0.05) is 18.2 Å². The minimum atomic E-state index is -0.0218. The smallest absolute Gasteiger partial charge is 0.251 e. The molecule has 0 heterocycles. The normalized spacial score (nSPS) is 14.8. The summed E-state index contributed by atoms with van der Waals surface area (Å²) in [7, 11) is 5.61. The number of carbonyl (C=O) groups is 1. The quantitative estimate of drug-likeness (QED) is 0.882. The van der Waals surface area contributed by atoms with E-state index in [1.165, 1.54) is 0 Å². The van der Waals surface area contributed by atoms with Crippen LogP contribution in [0.3, 0.4) is 0 Å². The van der Waals surface area contributed by atoms with Crippen LogP contribution in [0.25, 0.3) is 0 Å². The third-order valence-electron chi connectivity index (χ3n) is 4.48. The van der Waals surface area contributed by atoms with Gasteiger partial charge in [0.25, 0.3) is 5.91 Å². The van der Waals surface area contributed by atoms with Crippen molar-refractivity contribution in [3.05, 3.63) is 59.7 Å². The summed E-state index contributed by atoms with van der Waals surface area (Å²) in [5.74, 6) is 1.34. The molecule has 0 aromatic heterocycles. The minimum Gasteiger partial charge on any atom is -0.497 e. The van der Waals surface area contributed by atoms with Crippen LogP contribution < -0.4 is 15.0 Å². The maximum absolute atomic E-state index is 12.7. The molecule has 0 aliphatic heterocycles. The van der Waals surface area contributed by atoms with Crippen LogP contribution >= 0.6 is 0 Å². The molecule has 126 valence electrons. The highest BCUT2D eigenvalue weighted by Gasteiger charge is 2.33. The van der Waals surface area contributed by atoms with E-state index in [1.54, 1.807) is 7.11 Å². The highest BCUT2D eigenvalue weighted by atomic mass is 16.5. The maximum Gasteiger partial charge on any atom is 0.251 e. The van der Waals surface area contributed by atoms with Gasteiger partial charge in [0.1, 0.15) is 5.75 Å². The van der Waals surface area contributed by atoms with Gasteiger partial charge in [-0.05, 0) is 54.7 Å². The SMILES string of the molecule is COc1ccc(C(NC(=O)c2cccc(N(C)C)c2)C2CC2)cc1. The lowest BCUT2D eigenvalue weighted by molar-refractivity contribution is 0.0931. The first-order valence-corrected chi connectivity index (χ1v) is 8.30. The maximum atomic E-state index is 12.7. The minimum absolute atomic E-state index is 0.0218. The number of rotatable bonds is 6. The van der Waals surface area contributed by atoms with E-state index in [2.05, 4.69) is 5.32 Å². The lowest BCUT2D eigenvalue weighted by Gasteiger charge is -2.20. The summed E-state index contributed by atoms with van der Waals surface area (Å²) in [5.41, 5.74) is 2.85. The molecule has 3 rings (SSSR count). The Morgan fingerprint density at radius 1 is 1.17 bits per heavy atom. The van der Waals surface area contributed by atoms with Gasteiger partial charge >= 0.3 is 0 Å². The number of nitrogens with one attached hydrogen (secondary N) is 1. The molecule has 1 atom stereocenters. The van der Waals surface area contributed by atoms with E-state index in [0.717, 1.165) is 29.8 Å². The van der Waals surface area contributed by atoms with Gasteiger partial charge in [0.2, 0.25) is 0 Å². The first-order valence-electron chi connectivity index (χ1n) is 8.30. The van der Waals surface area contributed by atoms with Gasteiger partial charge in [0.15, 0.2) is 0 Å². The van der Waals surface area contributed by atoms with Crippen LogP contribution in [-0.2, 0) is 0 Å². The van der Waals surface area contributed by atoms with Gasteiger partial charge in [0, 0.05) is 25.3 Å². The first kappa shape index (κ1) is 16.4. The summed E-state index contributed by atoms with van der Waals surface area (Å²) in [6, 6.07) is 15.7. The van der Waals surface area contributed by atoms with Crippen LogP contribution in [0, 0.1) is 5.92 Å². The molecular weight excluding hydrogens is 300 g/mol. The molecular formula is C20H24N2O2. The molecule has 1 fully saturated rings. The summed E-state index contributed by atoms with van der Waals surface area (Å²) in [6.45, 7) is 0. The van der Waals surface area contributed by atoms with Crippen LogP contribution in [0.15, 0.2) is 48.5 Å². The highest BCUT2D eigenvalue weighted by Crippen LogP contribution is 2.41. The fraction of sp³-hybridized carbons (Fsp3) is 0.350. The van der Waals surface area contributed by atoms with E-state index in [4.69, 9.17) is 4.74 Å². The molecule has 1 aliphatic carbocycles. The molecule has 1 aliphatic rings. The van der Waals surface area contributed by atoms with Gasteiger partial charge in [-0.2, -0.15) is 0 Å². The van der Waals surface area contributed by atoms with Gasteiger partial charge in [-0.25, -0.2) is 0 Å². The van der Waals surface area contributed by atoms with Crippen molar-refractivity contribution in [2.75, 3.05) is 26.1 Å². The molecule has 2 aromatic carbocycles. The Hall–Kier alpha value is -2.49. The van der Waals surface area contributed by atoms with Crippen LogP contribution in [0.1, 0.15) is 34.8 Å². The van der Waals surface area contributed by atoms with E-state index in [1.807, 2.05) is 67.5 Å². The Kier molecular flexibility index (Phi) is 4.74. The van der Waals surface area contributed by atoms with Gasteiger partial charge in [0.05, 0.1) is 13.2 Å². The van der Waals surface area contributed by atoms with Crippen molar-refractivity contribution >= 4 is 11.6 Å². The molecule has 0 saturated heterocycles. The van der Waals surface area contributed by atoms with Gasteiger partial charge < -0.3 is 15.0 Å². The zero-order valence-electron chi connectivity index (χ0n) is 14.5. The standard InChI is InChI=1S/C20H24N2O2/c1-22(2)17-6-4-5-16(13-17)20(23)21-19(14-7-8-14)15-9-11-18(24-3)12-10-15/h4-6,9-14,19H,7-8H2,1-3H3,(H,21,23). The molecule has 1 N–H and O–H groups in total. The number of hydrogen-bond donors (Lipinski definition) is 1. The third-order valence-corrected chi connectivity index (χ3v) is 4.48. The lowest BCUT2D eigenvalue weighted by Crippen LogP contribution is -2.30. The van der Waals surface area contributed by atoms with Crippen LogP contribution in [-0.4, -0.2) is 27.1 Å². The zero-order chi connectivity index (χ0) is 17.1. The van der Waals surface area contributed by atoms with Crippen LogP contribution in [0.4, 0.5) is 5.69 Å². The third kappa shape index (κ3) is 3.70. The van der Waals surface area contributed by atoms with Crippen molar-refractivity contribution in [3.63, 3.8) is 0 Å². The van der Waals surface area contributed by atoms with E-state index in [0.29, 0.717) is 11.5 Å². The second-order valence-corrected chi connectivity index (χ2v) is 6.51. The van der Waals surface area contributed by atoms with E-state index in [-0.39, 0.29) is 11.9 Å². The zero-order valence-corrected chi connectivity index (χ0v) is 14.5. The van der Waals surface area contributed by atoms with Gasteiger partial charge in [-0.3, -0.25) is 4.79 Å². The van der Waals surface area contributed by atoms with E-state index in [9.17, 15) is 4.79 Å². The Morgan fingerprint density at radius 3 is 2.46 bits per heavy atom. The molecule has 1 unspecified atom stereocenters. The Balaban J connectivity index is 1.78. The van der Waals surface area contributed by atoms with Crippen LogP contribution in [0.5, 0.6) is 5.75 Å². The number of ether oxygens (including phenoxy) is 1. The summed E-state index contributed by atoms with van der Waals surface area (Å²) < 4.78 is 5.22. The molecule has 4 nitrogen and oxygen atoms in total. The number of benzene rings is 2. The van der Waals surface area contributed by atoms with E-state index >= 15 is 0 Å². The number of hydrogen-bond acceptors (Lipinski definition) is 3. The van der Waals surface area contributed by atoms with E-state index < -0.39 is 0 Å². The first-order chi connectivity index (χ1) is 11.6. The van der Waals surface area contributed by atoms with Gasteiger partial charge in [-0.15, -0.1) is 0 Å². The average Bonchev–Trinajstić information content (AvgIpc) is 3.44. The fourth-order valence-electron chi connectivity index (χ4n) is 2.86. The molecule has 24 heavy (non-hydrogen) atoms. The number of nitrogens with zero attached hydrogens (tertiary/aromatic N) is 1. The largest absolute Gasteiger partial charge is 0.497 e. The van der Waals surface area contributed by atoms with Crippen molar-refractivity contribution < 1.29 is 9.53 Å². The van der Waals surface area contributed by atoms with Crippen LogP contribution in [0.2, 0.25) is 0 Å². The fourth-order valence-corrected chi connectivity index (χ4v) is 2.86. The van der Waals surface area contributed by atoms with Crippen molar-refractivity contribution in [2.24, 2.45) is 5.92 Å². The average molecular weight is 324 g/mol. The predicted molar refractivity (Wildman–Crippen MR) is 96.7 cm³/mol. The number of carbonyl (C=O) groups excluding carboxylic acids is 1. The molecule has 0 spiro atoms. The predicted octanol–water partition coefficient (Wildman–Crippen LogP) is 3.64. The molecule has 0 bridgehead atoms. The number of amides is 1. The topological polar surface area (TPSA) is 41.6 Å².